The van der Waals surface area contributed by atoms with Gasteiger partial charge in [-0.05, 0) is 37.3 Å². The number of aryl methyl sites for hydroxylation is 1. The van der Waals surface area contributed by atoms with Crippen LogP contribution in [0.15, 0.2) is 10.8 Å². The first-order valence-electron chi connectivity index (χ1n) is 5.81. The molecule has 0 unspecified atom stereocenters. The third-order valence-corrected chi connectivity index (χ3v) is 4.11. The van der Waals surface area contributed by atoms with Crippen LogP contribution in [0, 0.1) is 6.92 Å². The highest BCUT2D eigenvalue weighted by Crippen LogP contribution is 2.23. The second-order valence-electron chi connectivity index (χ2n) is 4.32. The number of hydrogen-bond donors (Lipinski definition) is 1. The van der Waals surface area contributed by atoms with Crippen LogP contribution < -0.4 is 5.32 Å². The topological polar surface area (TPSA) is 15.3 Å². The molecule has 1 saturated heterocycles. The van der Waals surface area contributed by atoms with Crippen molar-refractivity contribution in [1.29, 1.82) is 0 Å². The highest BCUT2D eigenvalue weighted by atomic mass is 32.1. The highest BCUT2D eigenvalue weighted by Gasteiger charge is 2.18. The van der Waals surface area contributed by atoms with Crippen LogP contribution in [0.4, 0.5) is 5.69 Å². The van der Waals surface area contributed by atoms with E-state index in [-0.39, 0.29) is 0 Å². The summed E-state index contributed by atoms with van der Waals surface area (Å²) in [6.07, 6.45) is 2.56. The number of thiophene rings is 1. The minimum Gasteiger partial charge on any atom is -0.381 e. The molecule has 1 aliphatic rings. The molecule has 2 nitrogen and oxygen atoms in total. The van der Waals surface area contributed by atoms with E-state index in [1.54, 1.807) is 11.3 Å². The summed E-state index contributed by atoms with van der Waals surface area (Å²) in [7, 11) is 0. The Morgan fingerprint density at radius 2 is 2.13 bits per heavy atom. The lowest BCUT2D eigenvalue weighted by atomic mass is 10.0. The van der Waals surface area contributed by atoms with Crippen LogP contribution in [0.2, 0.25) is 0 Å². The van der Waals surface area contributed by atoms with E-state index in [1.165, 1.54) is 43.7 Å². The van der Waals surface area contributed by atoms with E-state index < -0.39 is 0 Å². The number of nitrogens with zero attached hydrogens (tertiary/aromatic N) is 1. The largest absolute Gasteiger partial charge is 0.381 e. The Hall–Kier alpha value is -0.540. The van der Waals surface area contributed by atoms with Crippen molar-refractivity contribution in [1.82, 2.24) is 4.90 Å². The van der Waals surface area contributed by atoms with Gasteiger partial charge in [0.15, 0.2) is 0 Å². The molecule has 0 aliphatic carbocycles. The normalized spacial score (nSPS) is 19.3. The van der Waals surface area contributed by atoms with Crippen LogP contribution in [-0.4, -0.2) is 30.6 Å². The summed E-state index contributed by atoms with van der Waals surface area (Å²) in [4.78, 5) is 2.53. The van der Waals surface area contributed by atoms with Crippen LogP contribution in [0.1, 0.15) is 25.3 Å². The van der Waals surface area contributed by atoms with Crippen molar-refractivity contribution in [3.63, 3.8) is 0 Å². The fraction of sp³-hybridized carbons (Fsp3) is 0.667. The summed E-state index contributed by atoms with van der Waals surface area (Å²) >= 11 is 1.79. The number of anilines is 1. The molecule has 2 heterocycles. The van der Waals surface area contributed by atoms with Crippen molar-refractivity contribution in [3.8, 4) is 0 Å². The second-order valence-corrected chi connectivity index (χ2v) is 5.06. The van der Waals surface area contributed by atoms with Gasteiger partial charge in [-0.15, -0.1) is 11.3 Å². The number of likely N-dealkylation sites (tertiary alicyclic amines) is 1. The molecule has 1 aromatic heterocycles. The van der Waals surface area contributed by atoms with Crippen molar-refractivity contribution in [2.45, 2.75) is 32.7 Å². The van der Waals surface area contributed by atoms with Crippen LogP contribution in [0.3, 0.4) is 0 Å². The molecule has 0 aromatic carbocycles. The van der Waals surface area contributed by atoms with E-state index in [1.807, 2.05) is 0 Å². The van der Waals surface area contributed by atoms with Crippen LogP contribution in [0.25, 0.3) is 0 Å². The zero-order chi connectivity index (χ0) is 10.7. The van der Waals surface area contributed by atoms with E-state index in [4.69, 9.17) is 0 Å². The van der Waals surface area contributed by atoms with Gasteiger partial charge in [0.05, 0.1) is 0 Å². The van der Waals surface area contributed by atoms with Gasteiger partial charge in [-0.2, -0.15) is 0 Å². The van der Waals surface area contributed by atoms with Gasteiger partial charge in [0, 0.05) is 30.2 Å². The third-order valence-electron chi connectivity index (χ3n) is 3.25. The third kappa shape index (κ3) is 2.73. The molecular weight excluding hydrogens is 204 g/mol. The molecule has 0 radical (unpaired) electrons. The Labute approximate surface area is 96.3 Å². The van der Waals surface area contributed by atoms with Gasteiger partial charge in [-0.25, -0.2) is 0 Å². The molecular formula is C12H20N2S. The van der Waals surface area contributed by atoms with E-state index in [9.17, 15) is 0 Å². The van der Waals surface area contributed by atoms with E-state index in [2.05, 4.69) is 34.8 Å². The van der Waals surface area contributed by atoms with Gasteiger partial charge in [0.25, 0.3) is 0 Å². The minimum atomic E-state index is 0.682. The van der Waals surface area contributed by atoms with Gasteiger partial charge in [-0.3, -0.25) is 0 Å². The van der Waals surface area contributed by atoms with Gasteiger partial charge in [-0.1, -0.05) is 6.92 Å². The first-order valence-corrected chi connectivity index (χ1v) is 6.75. The zero-order valence-corrected chi connectivity index (χ0v) is 10.4. The average Bonchev–Trinajstić information content (AvgIpc) is 2.66. The molecule has 0 saturated carbocycles. The van der Waals surface area contributed by atoms with Crippen molar-refractivity contribution in [2.75, 3.05) is 25.0 Å². The Kier molecular flexibility index (Phi) is 3.65. The lowest BCUT2D eigenvalue weighted by molar-refractivity contribution is 0.229. The number of nitrogens with one attached hydrogen (secondary N) is 1. The summed E-state index contributed by atoms with van der Waals surface area (Å²) in [5.74, 6) is 0. The molecule has 0 spiro atoms. The summed E-state index contributed by atoms with van der Waals surface area (Å²) in [5, 5.41) is 8.09. The first-order chi connectivity index (χ1) is 7.29. The van der Waals surface area contributed by atoms with Crippen molar-refractivity contribution in [3.05, 3.63) is 16.3 Å². The standard InChI is InChI=1S/C12H20N2S/c1-3-14-6-4-11(5-7-14)13-12-9-15-8-10(12)2/h8-9,11,13H,3-7H2,1-2H3. The van der Waals surface area contributed by atoms with Crippen LogP contribution in [-0.2, 0) is 0 Å². The van der Waals surface area contributed by atoms with Crippen LogP contribution >= 0.6 is 11.3 Å². The Bertz CT molecular complexity index is 300. The van der Waals surface area contributed by atoms with Gasteiger partial charge >= 0.3 is 0 Å². The summed E-state index contributed by atoms with van der Waals surface area (Å²) < 4.78 is 0. The zero-order valence-electron chi connectivity index (χ0n) is 9.62. The molecule has 1 aromatic rings. The molecule has 0 bridgehead atoms. The highest BCUT2D eigenvalue weighted by molar-refractivity contribution is 7.08. The summed E-state index contributed by atoms with van der Waals surface area (Å²) in [5.41, 5.74) is 2.73. The molecule has 84 valence electrons. The SMILES string of the molecule is CCN1CCC(Nc2cscc2C)CC1. The van der Waals surface area contributed by atoms with Gasteiger partial charge in [0.2, 0.25) is 0 Å². The number of hydrogen-bond acceptors (Lipinski definition) is 3. The Balaban J connectivity index is 1.85. The number of piperidine rings is 1. The maximum absolute atomic E-state index is 3.66. The second kappa shape index (κ2) is 4.99. The summed E-state index contributed by atoms with van der Waals surface area (Å²) in [6.45, 7) is 8.12. The summed E-state index contributed by atoms with van der Waals surface area (Å²) in [6, 6.07) is 0.682. The number of rotatable bonds is 3. The quantitative estimate of drug-likeness (QED) is 0.849. The maximum Gasteiger partial charge on any atom is 0.0480 e. The van der Waals surface area contributed by atoms with Crippen molar-refractivity contribution < 1.29 is 0 Å². The predicted molar refractivity (Wildman–Crippen MR) is 67.8 cm³/mol. The van der Waals surface area contributed by atoms with Gasteiger partial charge in [0.1, 0.15) is 0 Å². The predicted octanol–water partition coefficient (Wildman–Crippen LogP) is 2.95. The molecule has 1 N–H and O–H groups in total. The lowest BCUT2D eigenvalue weighted by Gasteiger charge is -2.31. The monoisotopic (exact) mass is 224 g/mol. The van der Waals surface area contributed by atoms with E-state index >= 15 is 0 Å². The average molecular weight is 224 g/mol. The smallest absolute Gasteiger partial charge is 0.0480 e. The minimum absolute atomic E-state index is 0.682. The molecule has 1 fully saturated rings. The molecule has 3 heteroatoms. The first kappa shape index (κ1) is 11.0. The Morgan fingerprint density at radius 3 is 2.67 bits per heavy atom. The van der Waals surface area contributed by atoms with Crippen molar-refractivity contribution in [2.24, 2.45) is 0 Å². The van der Waals surface area contributed by atoms with E-state index in [0.29, 0.717) is 6.04 Å². The molecule has 2 rings (SSSR count). The van der Waals surface area contributed by atoms with Crippen molar-refractivity contribution >= 4 is 17.0 Å². The fourth-order valence-corrected chi connectivity index (χ4v) is 2.91. The fourth-order valence-electron chi connectivity index (χ4n) is 2.12. The molecule has 0 atom stereocenters. The lowest BCUT2D eigenvalue weighted by Crippen LogP contribution is -2.38. The molecule has 0 amide bonds. The maximum atomic E-state index is 3.66. The van der Waals surface area contributed by atoms with Crippen LogP contribution in [0.5, 0.6) is 0 Å². The molecule has 15 heavy (non-hydrogen) atoms. The van der Waals surface area contributed by atoms with Gasteiger partial charge < -0.3 is 10.2 Å². The molecule has 1 aliphatic heterocycles. The Morgan fingerprint density at radius 1 is 1.40 bits per heavy atom. The van der Waals surface area contributed by atoms with E-state index in [0.717, 1.165) is 0 Å².